The molecule has 1 amide bonds. The van der Waals surface area contributed by atoms with E-state index < -0.39 is 12.0 Å². The number of fused-ring (bicyclic) bond motifs is 1. The first kappa shape index (κ1) is 13.8. The summed E-state index contributed by atoms with van der Waals surface area (Å²) >= 11 is 2.93. The lowest BCUT2D eigenvalue weighted by atomic mass is 10.1. The van der Waals surface area contributed by atoms with E-state index in [1.807, 2.05) is 11.4 Å². The first-order valence-corrected chi connectivity index (χ1v) is 7.90. The normalized spacial score (nSPS) is 12.2. The summed E-state index contributed by atoms with van der Waals surface area (Å²) < 4.78 is 2.08. The van der Waals surface area contributed by atoms with Gasteiger partial charge < -0.3 is 10.4 Å². The van der Waals surface area contributed by atoms with E-state index in [1.54, 1.807) is 47.7 Å². The predicted molar refractivity (Wildman–Crippen MR) is 84.0 cm³/mol. The molecular weight excluding hydrogens is 306 g/mol. The fourth-order valence-electron chi connectivity index (χ4n) is 2.01. The van der Waals surface area contributed by atoms with Crippen LogP contribution in [-0.2, 0) is 4.79 Å². The highest BCUT2D eigenvalue weighted by molar-refractivity contribution is 7.27. The first-order chi connectivity index (χ1) is 10.1. The van der Waals surface area contributed by atoms with Gasteiger partial charge in [-0.05, 0) is 23.1 Å². The van der Waals surface area contributed by atoms with E-state index in [0.29, 0.717) is 10.4 Å². The van der Waals surface area contributed by atoms with Gasteiger partial charge >= 0.3 is 5.97 Å². The average Bonchev–Trinajstić information content (AvgIpc) is 3.06. The number of carbonyl (C=O) groups is 2. The minimum Gasteiger partial charge on any atom is -0.479 e. The molecule has 0 aliphatic carbocycles. The van der Waals surface area contributed by atoms with Crippen molar-refractivity contribution in [1.29, 1.82) is 0 Å². The highest BCUT2D eigenvalue weighted by Crippen LogP contribution is 2.30. The van der Waals surface area contributed by atoms with Crippen LogP contribution in [0.3, 0.4) is 0 Å². The van der Waals surface area contributed by atoms with Crippen LogP contribution in [0.25, 0.3) is 9.40 Å². The molecule has 1 aromatic carbocycles. The Hall–Kier alpha value is -2.18. The van der Waals surface area contributed by atoms with E-state index >= 15 is 0 Å². The maximum atomic E-state index is 12.2. The molecule has 21 heavy (non-hydrogen) atoms. The Bertz CT molecular complexity index is 763. The van der Waals surface area contributed by atoms with E-state index in [4.69, 9.17) is 0 Å². The molecule has 1 atom stereocenters. The maximum absolute atomic E-state index is 12.2. The van der Waals surface area contributed by atoms with Gasteiger partial charge in [-0.3, -0.25) is 4.79 Å². The van der Waals surface area contributed by atoms with E-state index in [2.05, 4.69) is 5.32 Å². The number of nitrogens with one attached hydrogen (secondary N) is 1. The Kier molecular flexibility index (Phi) is 3.72. The number of thiophene rings is 2. The van der Waals surface area contributed by atoms with Crippen molar-refractivity contribution < 1.29 is 14.7 Å². The zero-order valence-corrected chi connectivity index (χ0v) is 12.4. The molecular formula is C15H11NO3S2. The summed E-state index contributed by atoms with van der Waals surface area (Å²) in [6, 6.07) is 11.4. The molecule has 0 radical (unpaired) electrons. The molecule has 0 spiro atoms. The van der Waals surface area contributed by atoms with Crippen molar-refractivity contribution in [3.05, 3.63) is 58.3 Å². The van der Waals surface area contributed by atoms with Crippen LogP contribution < -0.4 is 5.32 Å². The number of carboxylic acids is 1. The van der Waals surface area contributed by atoms with Crippen LogP contribution in [0.5, 0.6) is 0 Å². The van der Waals surface area contributed by atoms with Gasteiger partial charge in [-0.2, -0.15) is 0 Å². The summed E-state index contributed by atoms with van der Waals surface area (Å²) in [6.07, 6.45) is 0. The Morgan fingerprint density at radius 2 is 1.86 bits per heavy atom. The predicted octanol–water partition coefficient (Wildman–Crippen LogP) is 3.52. The van der Waals surface area contributed by atoms with Crippen LogP contribution in [0.1, 0.15) is 21.3 Å². The zero-order valence-electron chi connectivity index (χ0n) is 10.8. The van der Waals surface area contributed by atoms with E-state index in [9.17, 15) is 14.7 Å². The van der Waals surface area contributed by atoms with Gasteiger partial charge in [-0.1, -0.05) is 30.3 Å². The molecule has 0 unspecified atom stereocenters. The smallest absolute Gasteiger partial charge is 0.330 e. The Balaban J connectivity index is 1.84. The molecule has 0 saturated carbocycles. The summed E-state index contributed by atoms with van der Waals surface area (Å²) in [6.45, 7) is 0. The second kappa shape index (κ2) is 5.67. The topological polar surface area (TPSA) is 66.4 Å². The fraction of sp³-hybridized carbons (Fsp3) is 0.0667. The number of rotatable bonds is 4. The minimum absolute atomic E-state index is 0.361. The number of aliphatic carboxylic acids is 1. The van der Waals surface area contributed by atoms with Crippen molar-refractivity contribution in [3.8, 4) is 0 Å². The lowest BCUT2D eigenvalue weighted by Crippen LogP contribution is -2.33. The lowest BCUT2D eigenvalue weighted by molar-refractivity contribution is -0.139. The van der Waals surface area contributed by atoms with Gasteiger partial charge in [0.1, 0.15) is 0 Å². The van der Waals surface area contributed by atoms with E-state index in [1.165, 1.54) is 11.3 Å². The van der Waals surface area contributed by atoms with Crippen molar-refractivity contribution in [2.45, 2.75) is 6.04 Å². The molecule has 0 aliphatic heterocycles. The van der Waals surface area contributed by atoms with Gasteiger partial charge in [-0.15, -0.1) is 22.7 Å². The molecule has 2 heterocycles. The highest BCUT2D eigenvalue weighted by Gasteiger charge is 2.23. The summed E-state index contributed by atoms with van der Waals surface area (Å²) in [7, 11) is 0. The van der Waals surface area contributed by atoms with Crippen molar-refractivity contribution in [2.75, 3.05) is 0 Å². The van der Waals surface area contributed by atoms with Gasteiger partial charge in [0.25, 0.3) is 5.91 Å². The quantitative estimate of drug-likeness (QED) is 0.774. The largest absolute Gasteiger partial charge is 0.479 e. The second-order valence-corrected chi connectivity index (χ2v) is 6.45. The summed E-state index contributed by atoms with van der Waals surface area (Å²) in [5, 5.41) is 13.9. The van der Waals surface area contributed by atoms with Crippen LogP contribution in [0, 0.1) is 0 Å². The molecule has 2 aromatic heterocycles. The third-order valence-electron chi connectivity index (χ3n) is 3.02. The second-order valence-electron chi connectivity index (χ2n) is 4.42. The SMILES string of the molecule is O=C(N[C@@H](C(=O)O)c1ccccc1)c1cc2sccc2s1. The lowest BCUT2D eigenvalue weighted by Gasteiger charge is -2.14. The molecule has 4 nitrogen and oxygen atoms in total. The van der Waals surface area contributed by atoms with Crippen molar-refractivity contribution >= 4 is 43.9 Å². The molecule has 0 fully saturated rings. The summed E-state index contributed by atoms with van der Waals surface area (Å²) in [5.41, 5.74) is 0.553. The number of hydrogen-bond donors (Lipinski definition) is 2. The van der Waals surface area contributed by atoms with Gasteiger partial charge in [0.15, 0.2) is 6.04 Å². The van der Waals surface area contributed by atoms with Crippen molar-refractivity contribution in [1.82, 2.24) is 5.32 Å². The Labute approximate surface area is 128 Å². The van der Waals surface area contributed by atoms with Crippen LogP contribution in [0.4, 0.5) is 0 Å². The Morgan fingerprint density at radius 3 is 2.52 bits per heavy atom. The van der Waals surface area contributed by atoms with Crippen molar-refractivity contribution in [2.24, 2.45) is 0 Å². The summed E-state index contributed by atoms with van der Waals surface area (Å²) in [4.78, 5) is 24.1. The molecule has 3 aromatic rings. The van der Waals surface area contributed by atoms with E-state index in [0.717, 1.165) is 9.40 Å². The molecule has 6 heteroatoms. The number of benzene rings is 1. The molecule has 0 saturated heterocycles. The standard InChI is InChI=1S/C15H11NO3S2/c17-14(12-8-11-10(21-12)6-7-20-11)16-13(15(18)19)9-4-2-1-3-5-9/h1-8,13H,(H,16,17)(H,18,19)/t13-/m1/s1. The van der Waals surface area contributed by atoms with Gasteiger partial charge in [0.05, 0.1) is 4.88 Å². The van der Waals surface area contributed by atoms with Crippen LogP contribution in [0.15, 0.2) is 47.8 Å². The van der Waals surface area contributed by atoms with Gasteiger partial charge in [-0.25, -0.2) is 4.79 Å². The molecule has 106 valence electrons. The highest BCUT2D eigenvalue weighted by atomic mass is 32.1. The fourth-order valence-corrected chi connectivity index (χ4v) is 4.02. The third kappa shape index (κ3) is 2.81. The molecule has 2 N–H and O–H groups in total. The van der Waals surface area contributed by atoms with Crippen LogP contribution >= 0.6 is 22.7 Å². The Morgan fingerprint density at radius 1 is 1.10 bits per heavy atom. The van der Waals surface area contributed by atoms with Gasteiger partial charge in [0, 0.05) is 9.40 Å². The van der Waals surface area contributed by atoms with Crippen molar-refractivity contribution in [3.63, 3.8) is 0 Å². The zero-order chi connectivity index (χ0) is 14.8. The molecule has 3 rings (SSSR count). The molecule has 0 bridgehead atoms. The summed E-state index contributed by atoms with van der Waals surface area (Å²) in [5.74, 6) is -1.44. The van der Waals surface area contributed by atoms with Crippen LogP contribution in [0.2, 0.25) is 0 Å². The average molecular weight is 317 g/mol. The third-order valence-corrected chi connectivity index (χ3v) is 5.11. The maximum Gasteiger partial charge on any atom is 0.330 e. The van der Waals surface area contributed by atoms with E-state index in [-0.39, 0.29) is 5.91 Å². The number of carbonyl (C=O) groups excluding carboxylic acids is 1. The number of carboxylic acid groups (broad SMARTS) is 1. The number of hydrogen-bond acceptors (Lipinski definition) is 4. The first-order valence-electron chi connectivity index (χ1n) is 6.21. The van der Waals surface area contributed by atoms with Gasteiger partial charge in [0.2, 0.25) is 0 Å². The minimum atomic E-state index is -1.08. The molecule has 0 aliphatic rings. The number of amides is 1. The monoisotopic (exact) mass is 317 g/mol. The van der Waals surface area contributed by atoms with Crippen LogP contribution in [-0.4, -0.2) is 17.0 Å².